The van der Waals surface area contributed by atoms with Crippen LogP contribution >= 0.6 is 0 Å². The van der Waals surface area contributed by atoms with Gasteiger partial charge in [0.15, 0.2) is 0 Å². The Kier molecular flexibility index (Phi) is 2.65. The lowest BCUT2D eigenvalue weighted by Gasteiger charge is -2.60. The topological polar surface area (TPSA) is 61.8 Å². The highest BCUT2D eigenvalue weighted by Gasteiger charge is 2.82. The molecule has 5 heterocycles. The fraction of sp³-hybridized carbons (Fsp3) is 0.571. The number of esters is 1. The first-order valence-corrected chi connectivity index (χ1v) is 9.64. The normalized spacial score (nSPS) is 50.5. The zero-order valence-corrected chi connectivity index (χ0v) is 15.1. The van der Waals surface area contributed by atoms with E-state index in [0.29, 0.717) is 6.04 Å². The highest BCUT2D eigenvalue weighted by molar-refractivity contribution is 5.84. The number of nitrogens with zero attached hydrogens (tertiary/aromatic N) is 1. The molecule has 0 radical (unpaired) electrons. The zero-order valence-electron chi connectivity index (χ0n) is 15.1. The minimum absolute atomic E-state index is 0.0570. The molecule has 1 unspecified atom stereocenters. The number of benzene rings is 1. The van der Waals surface area contributed by atoms with Crippen LogP contribution in [0, 0.1) is 11.3 Å². The van der Waals surface area contributed by atoms with Gasteiger partial charge < -0.3 is 15.2 Å². The van der Waals surface area contributed by atoms with E-state index in [0.717, 1.165) is 25.1 Å². The summed E-state index contributed by atoms with van der Waals surface area (Å²) in [5.74, 6) is -0.154. The molecule has 8 atom stereocenters. The highest BCUT2D eigenvalue weighted by atomic mass is 16.5. The van der Waals surface area contributed by atoms with E-state index in [4.69, 9.17) is 4.74 Å². The summed E-state index contributed by atoms with van der Waals surface area (Å²) in [6.45, 7) is 2.96. The molecule has 1 aliphatic carbocycles. The number of hydrogen-bond acceptors (Lipinski definition) is 5. The highest BCUT2D eigenvalue weighted by Crippen LogP contribution is 2.71. The van der Waals surface area contributed by atoms with Crippen LogP contribution in [0.5, 0.6) is 0 Å². The van der Waals surface area contributed by atoms with Crippen LogP contribution in [-0.2, 0) is 14.9 Å². The number of aliphatic hydroxyl groups excluding tert-OH is 1. The zero-order chi connectivity index (χ0) is 17.8. The van der Waals surface area contributed by atoms with Gasteiger partial charge in [-0.1, -0.05) is 29.8 Å². The van der Waals surface area contributed by atoms with Gasteiger partial charge in [0.05, 0.1) is 19.3 Å². The molecule has 0 amide bonds. The predicted octanol–water partition coefficient (Wildman–Crippen LogP) is 1.68. The summed E-state index contributed by atoms with van der Waals surface area (Å²) in [6, 6.07) is 8.89. The summed E-state index contributed by atoms with van der Waals surface area (Å²) in [6.07, 6.45) is 3.15. The summed E-state index contributed by atoms with van der Waals surface area (Å²) in [4.78, 5) is 15.7. The van der Waals surface area contributed by atoms with Crippen LogP contribution in [0.4, 0.5) is 5.69 Å². The van der Waals surface area contributed by atoms with Crippen LogP contribution in [0.25, 0.3) is 0 Å². The third kappa shape index (κ3) is 1.28. The van der Waals surface area contributed by atoms with Crippen molar-refractivity contribution in [3.05, 3.63) is 41.5 Å². The van der Waals surface area contributed by atoms with Crippen molar-refractivity contribution >= 4 is 11.7 Å². The maximum atomic E-state index is 13.2. The molecule has 2 N–H and O–H groups in total. The minimum atomic E-state index is -0.848. The van der Waals surface area contributed by atoms with E-state index in [9.17, 15) is 9.90 Å². The number of methoxy groups -OCH3 is 1. The molecule has 0 aromatic heterocycles. The Bertz CT molecular complexity index is 867. The molecule has 5 heteroatoms. The van der Waals surface area contributed by atoms with Gasteiger partial charge in [0, 0.05) is 35.6 Å². The molecule has 4 saturated heterocycles. The predicted molar refractivity (Wildman–Crippen MR) is 96.7 cm³/mol. The standard InChI is InChI=1S/C21H24N2O3/c1-3-11-10-23-15-8-13(11)21(19(25)26-2)16(23)9-20(18(21)24)12-6-4-5-7-14(12)22-17(15)20/h3-7,13,15-18,22,24H,8-10H2,1-2H3/t13-,15-,16+,17+,18-,20-,21+/m0/s1. The van der Waals surface area contributed by atoms with Crippen LogP contribution in [0.15, 0.2) is 35.9 Å². The Labute approximate surface area is 153 Å². The first-order valence-electron chi connectivity index (χ1n) is 9.64. The van der Waals surface area contributed by atoms with Gasteiger partial charge in [0.1, 0.15) is 5.41 Å². The van der Waals surface area contributed by atoms with Crippen LogP contribution in [0.3, 0.4) is 0 Å². The smallest absolute Gasteiger partial charge is 0.316 e. The lowest BCUT2D eigenvalue weighted by molar-refractivity contribution is -0.179. The SMILES string of the molecule is CC=C1CN2[C@H]3C[C@@H]1[C@@]1(C(=O)OC)[C@H]2C[C@@]2(c4ccccc4N[C@H]32)[C@@H]1O. The van der Waals surface area contributed by atoms with E-state index < -0.39 is 16.9 Å². The van der Waals surface area contributed by atoms with Crippen LogP contribution < -0.4 is 5.32 Å². The van der Waals surface area contributed by atoms with Crippen LogP contribution in [-0.4, -0.2) is 53.9 Å². The third-order valence-electron chi connectivity index (χ3n) is 8.30. The van der Waals surface area contributed by atoms with Crippen molar-refractivity contribution in [3.8, 4) is 0 Å². The average molecular weight is 352 g/mol. The Morgan fingerprint density at radius 1 is 1.42 bits per heavy atom. The fourth-order valence-electron chi connectivity index (χ4n) is 7.49. The van der Waals surface area contributed by atoms with E-state index in [1.54, 1.807) is 0 Å². The van der Waals surface area contributed by atoms with Gasteiger partial charge in [-0.3, -0.25) is 9.69 Å². The molecular formula is C21H24N2O3. The average Bonchev–Trinajstić information content (AvgIpc) is 3.13. The third-order valence-corrected chi connectivity index (χ3v) is 8.30. The Morgan fingerprint density at radius 2 is 2.23 bits per heavy atom. The number of allylic oxidation sites excluding steroid dienone is 1. The van der Waals surface area contributed by atoms with E-state index in [1.165, 1.54) is 18.2 Å². The van der Waals surface area contributed by atoms with Crippen molar-refractivity contribution in [1.29, 1.82) is 0 Å². The molecule has 5 bridgehead atoms. The van der Waals surface area contributed by atoms with Gasteiger partial charge in [-0.25, -0.2) is 0 Å². The number of aliphatic hydroxyl groups is 1. The summed E-state index contributed by atoms with van der Waals surface area (Å²) < 4.78 is 5.34. The van der Waals surface area contributed by atoms with Gasteiger partial charge >= 0.3 is 5.97 Å². The number of rotatable bonds is 1. The molecule has 5 fully saturated rings. The van der Waals surface area contributed by atoms with Crippen molar-refractivity contribution in [1.82, 2.24) is 4.90 Å². The number of carbonyl (C=O) groups is 1. The molecule has 1 spiro atoms. The Balaban J connectivity index is 1.65. The van der Waals surface area contributed by atoms with Crippen molar-refractivity contribution in [2.45, 2.75) is 49.4 Å². The number of piperidine rings is 4. The second-order valence-electron chi connectivity index (χ2n) is 8.65. The fourth-order valence-corrected chi connectivity index (χ4v) is 7.49. The number of anilines is 1. The molecule has 6 aliphatic rings. The summed E-state index contributed by atoms with van der Waals surface area (Å²) in [7, 11) is 1.46. The number of ether oxygens (including phenoxy) is 1. The molecule has 1 aromatic rings. The quantitative estimate of drug-likeness (QED) is 0.595. The maximum absolute atomic E-state index is 13.2. The molecule has 5 aliphatic heterocycles. The van der Waals surface area contributed by atoms with Gasteiger partial charge in [0.2, 0.25) is 0 Å². The monoisotopic (exact) mass is 352 g/mol. The lowest BCUT2D eigenvalue weighted by atomic mass is 9.58. The second kappa shape index (κ2) is 4.52. The van der Waals surface area contributed by atoms with E-state index in [-0.39, 0.29) is 24.0 Å². The molecule has 1 aromatic carbocycles. The van der Waals surface area contributed by atoms with Gasteiger partial charge in [-0.15, -0.1) is 0 Å². The molecule has 1 saturated carbocycles. The molecule has 136 valence electrons. The largest absolute Gasteiger partial charge is 0.468 e. The van der Waals surface area contributed by atoms with E-state index in [1.807, 2.05) is 12.1 Å². The summed E-state index contributed by atoms with van der Waals surface area (Å²) in [5, 5.41) is 15.6. The van der Waals surface area contributed by atoms with Crippen LogP contribution in [0.2, 0.25) is 0 Å². The molecule has 26 heavy (non-hydrogen) atoms. The maximum Gasteiger partial charge on any atom is 0.316 e. The molecule has 5 nitrogen and oxygen atoms in total. The van der Waals surface area contributed by atoms with Gasteiger partial charge in [-0.05, 0) is 31.4 Å². The first kappa shape index (κ1) is 15.2. The molecule has 7 rings (SSSR count). The number of nitrogens with one attached hydrogen (secondary N) is 1. The van der Waals surface area contributed by atoms with Crippen molar-refractivity contribution < 1.29 is 14.6 Å². The van der Waals surface area contributed by atoms with Crippen molar-refractivity contribution in [3.63, 3.8) is 0 Å². The molecular weight excluding hydrogens is 328 g/mol. The lowest BCUT2D eigenvalue weighted by Crippen LogP contribution is -2.71. The van der Waals surface area contributed by atoms with Crippen molar-refractivity contribution in [2.75, 3.05) is 19.0 Å². The van der Waals surface area contributed by atoms with E-state index in [2.05, 4.69) is 35.3 Å². The van der Waals surface area contributed by atoms with Crippen molar-refractivity contribution in [2.24, 2.45) is 11.3 Å². The first-order chi connectivity index (χ1) is 12.6. The van der Waals surface area contributed by atoms with Crippen LogP contribution in [0.1, 0.15) is 25.3 Å². The van der Waals surface area contributed by atoms with E-state index >= 15 is 0 Å². The minimum Gasteiger partial charge on any atom is -0.468 e. The summed E-state index contributed by atoms with van der Waals surface area (Å²) >= 11 is 0. The van der Waals surface area contributed by atoms with Gasteiger partial charge in [-0.2, -0.15) is 0 Å². The number of fused-ring (bicyclic) bond motifs is 2. The van der Waals surface area contributed by atoms with Gasteiger partial charge in [0.25, 0.3) is 0 Å². The Hall–Kier alpha value is -1.85. The number of hydrogen-bond donors (Lipinski definition) is 2. The Morgan fingerprint density at radius 3 is 3.00 bits per heavy atom. The number of carbonyl (C=O) groups excluding carboxylic acids is 1. The second-order valence-corrected chi connectivity index (χ2v) is 8.65. The summed E-state index contributed by atoms with van der Waals surface area (Å²) in [5.41, 5.74) is 2.34. The number of para-hydroxylation sites is 1.